The fourth-order valence-corrected chi connectivity index (χ4v) is 2.65. The Hall–Kier alpha value is -2.05. The SMILES string of the molecule is CCC1(O)CN(C(=O)Nc2nn(-c3ccc(Cl)cc3)cc2C)C1. The molecule has 3 rings (SSSR count). The molecular formula is C16H19ClN4O2. The van der Waals surface area contributed by atoms with Gasteiger partial charge in [0.15, 0.2) is 5.82 Å². The normalized spacial score (nSPS) is 16.1. The third-order valence-electron chi connectivity index (χ3n) is 4.13. The van der Waals surface area contributed by atoms with Gasteiger partial charge in [-0.15, -0.1) is 5.10 Å². The molecule has 1 aliphatic rings. The van der Waals surface area contributed by atoms with Crippen LogP contribution in [0.15, 0.2) is 30.5 Å². The summed E-state index contributed by atoms with van der Waals surface area (Å²) in [6, 6.07) is 7.05. The van der Waals surface area contributed by atoms with Crippen molar-refractivity contribution in [3.63, 3.8) is 0 Å². The molecule has 2 N–H and O–H groups in total. The highest BCUT2D eigenvalue weighted by Gasteiger charge is 2.42. The van der Waals surface area contributed by atoms with Crippen molar-refractivity contribution in [2.45, 2.75) is 25.9 Å². The van der Waals surface area contributed by atoms with Crippen molar-refractivity contribution in [2.24, 2.45) is 0 Å². The molecule has 0 spiro atoms. The van der Waals surface area contributed by atoms with Crippen LogP contribution in [0.2, 0.25) is 5.02 Å². The van der Waals surface area contributed by atoms with E-state index >= 15 is 0 Å². The summed E-state index contributed by atoms with van der Waals surface area (Å²) in [6.07, 6.45) is 2.48. The number of hydrogen-bond donors (Lipinski definition) is 2. The van der Waals surface area contributed by atoms with Crippen LogP contribution >= 0.6 is 11.6 Å². The van der Waals surface area contributed by atoms with E-state index in [-0.39, 0.29) is 6.03 Å². The summed E-state index contributed by atoms with van der Waals surface area (Å²) >= 11 is 5.88. The van der Waals surface area contributed by atoms with Crippen molar-refractivity contribution in [3.8, 4) is 5.69 Å². The number of rotatable bonds is 3. The number of aliphatic hydroxyl groups is 1. The number of nitrogens with zero attached hydrogens (tertiary/aromatic N) is 3. The predicted octanol–water partition coefficient (Wildman–Crippen LogP) is 2.82. The van der Waals surface area contributed by atoms with E-state index in [0.29, 0.717) is 30.4 Å². The Balaban J connectivity index is 1.70. The summed E-state index contributed by atoms with van der Waals surface area (Å²) in [7, 11) is 0. The molecule has 6 nitrogen and oxygen atoms in total. The van der Waals surface area contributed by atoms with Gasteiger partial charge in [-0.1, -0.05) is 18.5 Å². The molecule has 2 heterocycles. The zero-order chi connectivity index (χ0) is 16.6. The molecule has 0 aliphatic carbocycles. The lowest BCUT2D eigenvalue weighted by atomic mass is 9.92. The van der Waals surface area contributed by atoms with Crippen LogP contribution in [0.5, 0.6) is 0 Å². The summed E-state index contributed by atoms with van der Waals surface area (Å²) < 4.78 is 1.69. The molecule has 1 aliphatic heterocycles. The molecule has 7 heteroatoms. The van der Waals surface area contributed by atoms with E-state index in [1.807, 2.05) is 32.2 Å². The third-order valence-corrected chi connectivity index (χ3v) is 4.38. The van der Waals surface area contributed by atoms with E-state index in [0.717, 1.165) is 11.3 Å². The fraction of sp³-hybridized carbons (Fsp3) is 0.375. The van der Waals surface area contributed by atoms with Crippen LogP contribution < -0.4 is 5.32 Å². The summed E-state index contributed by atoms with van der Waals surface area (Å²) in [6.45, 7) is 4.50. The largest absolute Gasteiger partial charge is 0.386 e. The van der Waals surface area contributed by atoms with Gasteiger partial charge in [-0.2, -0.15) is 0 Å². The van der Waals surface area contributed by atoms with Crippen molar-refractivity contribution in [1.82, 2.24) is 14.7 Å². The lowest BCUT2D eigenvalue weighted by Crippen LogP contribution is -2.64. The number of β-amino-alcohol motifs (C(OH)–C–C–N with tert-alkyl or cyclic N) is 1. The molecule has 2 amide bonds. The number of carbonyl (C=O) groups excluding carboxylic acids is 1. The second-order valence-electron chi connectivity index (χ2n) is 5.95. The Morgan fingerprint density at radius 2 is 2.04 bits per heavy atom. The number of anilines is 1. The average Bonchev–Trinajstić information content (AvgIpc) is 2.85. The standard InChI is InChI=1S/C16H19ClN4O2/c1-3-16(23)9-20(10-16)15(22)18-14-11(2)8-21(19-14)13-6-4-12(17)5-7-13/h4-8,23H,3,9-10H2,1-2H3,(H,18,19,22). The van der Waals surface area contributed by atoms with Gasteiger partial charge in [-0.25, -0.2) is 9.48 Å². The summed E-state index contributed by atoms with van der Waals surface area (Å²) in [4.78, 5) is 13.8. The minimum Gasteiger partial charge on any atom is -0.386 e. The maximum Gasteiger partial charge on any atom is 0.323 e. The minimum absolute atomic E-state index is 0.243. The second kappa shape index (κ2) is 5.86. The van der Waals surface area contributed by atoms with Gasteiger partial charge in [0.2, 0.25) is 0 Å². The Morgan fingerprint density at radius 3 is 2.65 bits per heavy atom. The molecule has 2 aromatic rings. The molecule has 1 saturated heterocycles. The maximum atomic E-state index is 12.2. The number of likely N-dealkylation sites (tertiary alicyclic amines) is 1. The topological polar surface area (TPSA) is 70.4 Å². The number of carbonyl (C=O) groups is 1. The van der Waals surface area contributed by atoms with Crippen molar-refractivity contribution >= 4 is 23.4 Å². The first kappa shape index (κ1) is 15.8. The number of hydrogen-bond acceptors (Lipinski definition) is 3. The highest BCUT2D eigenvalue weighted by atomic mass is 35.5. The van der Waals surface area contributed by atoms with Gasteiger partial charge in [0.25, 0.3) is 0 Å². The lowest BCUT2D eigenvalue weighted by Gasteiger charge is -2.45. The number of aromatic nitrogens is 2. The van der Waals surface area contributed by atoms with Gasteiger partial charge < -0.3 is 10.0 Å². The smallest absolute Gasteiger partial charge is 0.323 e. The molecule has 23 heavy (non-hydrogen) atoms. The Bertz CT molecular complexity index is 720. The first-order valence-electron chi connectivity index (χ1n) is 7.51. The lowest BCUT2D eigenvalue weighted by molar-refractivity contribution is -0.0755. The van der Waals surface area contributed by atoms with Crippen molar-refractivity contribution in [3.05, 3.63) is 41.0 Å². The second-order valence-corrected chi connectivity index (χ2v) is 6.38. The van der Waals surface area contributed by atoms with Crippen molar-refractivity contribution in [1.29, 1.82) is 0 Å². The summed E-state index contributed by atoms with van der Waals surface area (Å²) in [5.41, 5.74) is 0.983. The Labute approximate surface area is 139 Å². The summed E-state index contributed by atoms with van der Waals surface area (Å²) in [5, 5.41) is 17.8. The van der Waals surface area contributed by atoms with E-state index in [4.69, 9.17) is 11.6 Å². The van der Waals surface area contributed by atoms with Crippen LogP contribution in [0.4, 0.5) is 10.6 Å². The number of aryl methyl sites for hydroxylation is 1. The third kappa shape index (κ3) is 3.18. The van der Waals surface area contributed by atoms with Crippen LogP contribution in [0, 0.1) is 6.92 Å². The van der Waals surface area contributed by atoms with Gasteiger partial charge in [0, 0.05) is 16.8 Å². The first-order valence-corrected chi connectivity index (χ1v) is 7.88. The molecule has 0 unspecified atom stereocenters. The van der Waals surface area contributed by atoms with Gasteiger partial charge in [-0.05, 0) is 37.6 Å². The molecule has 1 aromatic carbocycles. The van der Waals surface area contributed by atoms with Gasteiger partial charge in [0.05, 0.1) is 24.4 Å². The van der Waals surface area contributed by atoms with Crippen molar-refractivity contribution < 1.29 is 9.90 Å². The number of benzene rings is 1. The molecule has 122 valence electrons. The van der Waals surface area contributed by atoms with E-state index in [1.54, 1.807) is 21.7 Å². The molecule has 0 atom stereocenters. The zero-order valence-corrected chi connectivity index (χ0v) is 13.8. The van der Waals surface area contributed by atoms with Crippen molar-refractivity contribution in [2.75, 3.05) is 18.4 Å². The van der Waals surface area contributed by atoms with E-state index in [9.17, 15) is 9.90 Å². The molecule has 1 fully saturated rings. The number of nitrogens with one attached hydrogen (secondary N) is 1. The molecular weight excluding hydrogens is 316 g/mol. The van der Waals surface area contributed by atoms with Gasteiger partial charge in [-0.3, -0.25) is 5.32 Å². The maximum absolute atomic E-state index is 12.2. The van der Waals surface area contributed by atoms with E-state index < -0.39 is 5.60 Å². The van der Waals surface area contributed by atoms with Crippen LogP contribution in [0.3, 0.4) is 0 Å². The quantitative estimate of drug-likeness (QED) is 0.906. The minimum atomic E-state index is -0.741. The van der Waals surface area contributed by atoms with Gasteiger partial charge >= 0.3 is 6.03 Å². The average molecular weight is 335 g/mol. The molecule has 1 aromatic heterocycles. The van der Waals surface area contributed by atoms with E-state index in [2.05, 4.69) is 10.4 Å². The highest BCUT2D eigenvalue weighted by Crippen LogP contribution is 2.25. The van der Waals surface area contributed by atoms with Crippen LogP contribution in [-0.2, 0) is 0 Å². The monoisotopic (exact) mass is 334 g/mol. The Morgan fingerprint density at radius 1 is 1.39 bits per heavy atom. The number of halogens is 1. The highest BCUT2D eigenvalue weighted by molar-refractivity contribution is 6.30. The van der Waals surface area contributed by atoms with Crippen LogP contribution in [-0.4, -0.2) is 44.5 Å². The fourth-order valence-electron chi connectivity index (χ4n) is 2.52. The number of amides is 2. The van der Waals surface area contributed by atoms with Crippen LogP contribution in [0.25, 0.3) is 5.69 Å². The predicted molar refractivity (Wildman–Crippen MR) is 89.1 cm³/mol. The summed E-state index contributed by atoms with van der Waals surface area (Å²) in [5.74, 6) is 0.511. The zero-order valence-electron chi connectivity index (χ0n) is 13.1. The Kier molecular flexibility index (Phi) is 4.04. The number of urea groups is 1. The first-order chi connectivity index (χ1) is 10.9. The van der Waals surface area contributed by atoms with E-state index in [1.165, 1.54) is 0 Å². The molecule has 0 radical (unpaired) electrons. The molecule has 0 bridgehead atoms. The van der Waals surface area contributed by atoms with Crippen LogP contribution in [0.1, 0.15) is 18.9 Å². The van der Waals surface area contributed by atoms with Gasteiger partial charge in [0.1, 0.15) is 0 Å². The molecule has 0 saturated carbocycles.